The molecule has 0 radical (unpaired) electrons. The maximum atomic E-state index is 12.5. The minimum atomic E-state index is 0.138. The predicted molar refractivity (Wildman–Crippen MR) is 83.3 cm³/mol. The molecular formula is C17H25N3O. The fourth-order valence-electron chi connectivity index (χ4n) is 3.52. The van der Waals surface area contributed by atoms with Gasteiger partial charge >= 0.3 is 0 Å². The van der Waals surface area contributed by atoms with Crippen LogP contribution in [0.4, 0.5) is 0 Å². The van der Waals surface area contributed by atoms with Crippen LogP contribution in [0.5, 0.6) is 0 Å². The van der Waals surface area contributed by atoms with Crippen LogP contribution in [0.25, 0.3) is 0 Å². The fourth-order valence-corrected chi connectivity index (χ4v) is 3.52. The van der Waals surface area contributed by atoms with Gasteiger partial charge in [0.25, 0.3) is 5.91 Å². The standard InChI is InChI=1S/C17H25N3O/c1-4-15-6-5-14(9-18-15)16(21)20-11-17(12-20)7-8-19(10-17)13(2)3/h5-6,9,13H,4,7-8,10-12H2,1-3H3. The van der Waals surface area contributed by atoms with Crippen molar-refractivity contribution >= 4 is 5.91 Å². The van der Waals surface area contributed by atoms with E-state index >= 15 is 0 Å². The number of pyridine rings is 1. The lowest BCUT2D eigenvalue weighted by atomic mass is 9.78. The monoisotopic (exact) mass is 287 g/mol. The molecule has 3 heterocycles. The number of likely N-dealkylation sites (tertiary alicyclic amines) is 2. The van der Waals surface area contributed by atoms with E-state index in [0.717, 1.165) is 37.3 Å². The van der Waals surface area contributed by atoms with Gasteiger partial charge in [-0.3, -0.25) is 9.78 Å². The van der Waals surface area contributed by atoms with Gasteiger partial charge in [-0.25, -0.2) is 0 Å². The van der Waals surface area contributed by atoms with Crippen LogP contribution in [-0.2, 0) is 6.42 Å². The van der Waals surface area contributed by atoms with Crippen LogP contribution >= 0.6 is 0 Å². The lowest BCUT2D eigenvalue weighted by Crippen LogP contribution is -2.59. The van der Waals surface area contributed by atoms with Gasteiger partial charge in [0.15, 0.2) is 0 Å². The topological polar surface area (TPSA) is 36.4 Å². The van der Waals surface area contributed by atoms with E-state index in [-0.39, 0.29) is 5.91 Å². The number of rotatable bonds is 3. The van der Waals surface area contributed by atoms with Crippen LogP contribution in [0, 0.1) is 5.41 Å². The first-order chi connectivity index (χ1) is 10.0. The summed E-state index contributed by atoms with van der Waals surface area (Å²) in [7, 11) is 0. The van der Waals surface area contributed by atoms with Crippen molar-refractivity contribution in [3.63, 3.8) is 0 Å². The Kier molecular flexibility index (Phi) is 3.74. The van der Waals surface area contributed by atoms with Gasteiger partial charge in [0.1, 0.15) is 0 Å². The number of aryl methyl sites for hydroxylation is 1. The van der Waals surface area contributed by atoms with E-state index in [1.165, 1.54) is 13.0 Å². The van der Waals surface area contributed by atoms with Gasteiger partial charge in [-0.05, 0) is 45.4 Å². The minimum Gasteiger partial charge on any atom is -0.337 e. The quantitative estimate of drug-likeness (QED) is 0.855. The zero-order chi connectivity index (χ0) is 15.0. The summed E-state index contributed by atoms with van der Waals surface area (Å²) in [5, 5.41) is 0. The molecule has 0 unspecified atom stereocenters. The molecule has 0 saturated carbocycles. The molecule has 0 aliphatic carbocycles. The highest BCUT2D eigenvalue weighted by molar-refractivity contribution is 5.94. The fraction of sp³-hybridized carbons (Fsp3) is 0.647. The molecule has 0 N–H and O–H groups in total. The maximum absolute atomic E-state index is 12.5. The van der Waals surface area contributed by atoms with Gasteiger partial charge in [0.2, 0.25) is 0 Å². The van der Waals surface area contributed by atoms with Crippen LogP contribution < -0.4 is 0 Å². The van der Waals surface area contributed by atoms with Crippen LogP contribution in [0.15, 0.2) is 18.3 Å². The lowest BCUT2D eigenvalue weighted by molar-refractivity contribution is 0.00931. The second-order valence-electron chi connectivity index (χ2n) is 6.87. The lowest BCUT2D eigenvalue weighted by Gasteiger charge is -2.48. The largest absolute Gasteiger partial charge is 0.337 e. The molecule has 2 fully saturated rings. The highest BCUT2D eigenvalue weighted by Crippen LogP contribution is 2.40. The normalized spacial score (nSPS) is 21.0. The van der Waals surface area contributed by atoms with E-state index in [2.05, 4.69) is 30.7 Å². The highest BCUT2D eigenvalue weighted by atomic mass is 16.2. The zero-order valence-corrected chi connectivity index (χ0v) is 13.3. The van der Waals surface area contributed by atoms with Gasteiger partial charge in [0, 0.05) is 43.0 Å². The number of nitrogens with zero attached hydrogens (tertiary/aromatic N) is 3. The molecule has 0 bridgehead atoms. The summed E-state index contributed by atoms with van der Waals surface area (Å²) in [5.74, 6) is 0.138. The van der Waals surface area contributed by atoms with Crippen molar-refractivity contribution in [2.45, 2.75) is 39.7 Å². The first-order valence-electron chi connectivity index (χ1n) is 8.01. The van der Waals surface area contributed by atoms with Crippen molar-refractivity contribution in [1.82, 2.24) is 14.8 Å². The zero-order valence-electron chi connectivity index (χ0n) is 13.3. The maximum Gasteiger partial charge on any atom is 0.255 e. The summed E-state index contributed by atoms with van der Waals surface area (Å²) >= 11 is 0. The van der Waals surface area contributed by atoms with E-state index in [9.17, 15) is 4.79 Å². The van der Waals surface area contributed by atoms with Crippen LogP contribution in [0.2, 0.25) is 0 Å². The summed E-state index contributed by atoms with van der Waals surface area (Å²) in [6.45, 7) is 10.7. The van der Waals surface area contributed by atoms with Gasteiger partial charge in [-0.15, -0.1) is 0 Å². The Hall–Kier alpha value is -1.42. The smallest absolute Gasteiger partial charge is 0.255 e. The van der Waals surface area contributed by atoms with Crippen molar-refractivity contribution in [3.8, 4) is 0 Å². The average Bonchev–Trinajstić information content (AvgIpc) is 2.91. The van der Waals surface area contributed by atoms with Crippen LogP contribution in [-0.4, -0.2) is 52.9 Å². The van der Waals surface area contributed by atoms with Crippen molar-refractivity contribution in [1.29, 1.82) is 0 Å². The van der Waals surface area contributed by atoms with Crippen molar-refractivity contribution in [2.75, 3.05) is 26.2 Å². The third-order valence-electron chi connectivity index (χ3n) is 4.97. The Labute approximate surface area is 127 Å². The molecule has 3 rings (SSSR count). The molecule has 2 saturated heterocycles. The Morgan fingerprint density at radius 1 is 1.33 bits per heavy atom. The van der Waals surface area contributed by atoms with Gasteiger partial charge in [-0.1, -0.05) is 6.92 Å². The van der Waals surface area contributed by atoms with Gasteiger partial charge < -0.3 is 9.80 Å². The summed E-state index contributed by atoms with van der Waals surface area (Å²) in [6, 6.07) is 4.48. The molecule has 4 heteroatoms. The second kappa shape index (κ2) is 5.41. The molecule has 21 heavy (non-hydrogen) atoms. The Balaban J connectivity index is 1.59. The first kappa shape index (κ1) is 14.5. The van der Waals surface area contributed by atoms with Crippen molar-refractivity contribution < 1.29 is 4.79 Å². The summed E-state index contributed by atoms with van der Waals surface area (Å²) in [6.07, 6.45) is 3.86. The highest BCUT2D eigenvalue weighted by Gasteiger charge is 2.49. The molecule has 1 aromatic heterocycles. The summed E-state index contributed by atoms with van der Waals surface area (Å²) in [4.78, 5) is 21.3. The van der Waals surface area contributed by atoms with E-state index in [1.807, 2.05) is 17.0 Å². The molecule has 0 atom stereocenters. The number of carbonyl (C=O) groups excluding carboxylic acids is 1. The van der Waals surface area contributed by atoms with E-state index < -0.39 is 0 Å². The van der Waals surface area contributed by atoms with Crippen LogP contribution in [0.3, 0.4) is 0 Å². The van der Waals surface area contributed by atoms with E-state index in [4.69, 9.17) is 0 Å². The average molecular weight is 287 g/mol. The molecule has 1 aromatic rings. The number of aromatic nitrogens is 1. The van der Waals surface area contributed by atoms with Crippen LogP contribution in [0.1, 0.15) is 43.2 Å². The second-order valence-corrected chi connectivity index (χ2v) is 6.87. The third kappa shape index (κ3) is 2.69. The van der Waals surface area contributed by atoms with Crippen molar-refractivity contribution in [3.05, 3.63) is 29.6 Å². The molecule has 2 aliphatic rings. The summed E-state index contributed by atoms with van der Waals surface area (Å²) in [5.41, 5.74) is 2.12. The molecular weight excluding hydrogens is 262 g/mol. The Morgan fingerprint density at radius 2 is 2.10 bits per heavy atom. The molecule has 2 aliphatic heterocycles. The summed E-state index contributed by atoms with van der Waals surface area (Å²) < 4.78 is 0. The number of hydrogen-bond donors (Lipinski definition) is 0. The number of amides is 1. The molecule has 0 aromatic carbocycles. The molecule has 4 nitrogen and oxygen atoms in total. The minimum absolute atomic E-state index is 0.138. The number of carbonyl (C=O) groups is 1. The van der Waals surface area contributed by atoms with Crippen molar-refractivity contribution in [2.24, 2.45) is 5.41 Å². The van der Waals surface area contributed by atoms with E-state index in [1.54, 1.807) is 6.20 Å². The molecule has 1 amide bonds. The number of hydrogen-bond acceptors (Lipinski definition) is 3. The van der Waals surface area contributed by atoms with E-state index in [0.29, 0.717) is 11.5 Å². The third-order valence-corrected chi connectivity index (χ3v) is 4.97. The molecule has 114 valence electrons. The van der Waals surface area contributed by atoms with Gasteiger partial charge in [-0.2, -0.15) is 0 Å². The van der Waals surface area contributed by atoms with Gasteiger partial charge in [0.05, 0.1) is 5.56 Å². The Morgan fingerprint density at radius 3 is 2.62 bits per heavy atom. The first-order valence-corrected chi connectivity index (χ1v) is 8.01. The molecule has 1 spiro atoms. The predicted octanol–water partition coefficient (Wildman–Crippen LogP) is 2.20. The SMILES string of the molecule is CCc1ccc(C(=O)N2CC3(CCN(C(C)C)C3)C2)cn1. The Bertz CT molecular complexity index is 517.